The van der Waals surface area contributed by atoms with Crippen LogP contribution in [-0.4, -0.2) is 41.6 Å². The summed E-state index contributed by atoms with van der Waals surface area (Å²) in [7, 11) is 0. The van der Waals surface area contributed by atoms with Crippen LogP contribution in [0.25, 0.3) is 0 Å². The molecule has 2 aliphatic heterocycles. The largest absolute Gasteiger partial charge is 0.481 e. The number of carbonyl (C=O) groups is 2. The van der Waals surface area contributed by atoms with Crippen LogP contribution in [0.15, 0.2) is 30.3 Å². The molecule has 5 heteroatoms. The van der Waals surface area contributed by atoms with Crippen LogP contribution in [0.1, 0.15) is 44.8 Å². The van der Waals surface area contributed by atoms with Crippen molar-refractivity contribution in [2.75, 3.05) is 19.7 Å². The van der Waals surface area contributed by atoms with Crippen LogP contribution in [0.5, 0.6) is 0 Å². The Morgan fingerprint density at radius 1 is 1.28 bits per heavy atom. The zero-order chi connectivity index (χ0) is 18.0. The molecule has 0 radical (unpaired) electrons. The minimum Gasteiger partial charge on any atom is -0.481 e. The fourth-order valence-electron chi connectivity index (χ4n) is 4.15. The predicted octanol–water partition coefficient (Wildman–Crippen LogP) is 3.11. The number of hydrogen-bond donors (Lipinski definition) is 1. The summed E-state index contributed by atoms with van der Waals surface area (Å²) in [5.41, 5.74) is 0.195. The summed E-state index contributed by atoms with van der Waals surface area (Å²) in [6, 6.07) is 9.86. The van der Waals surface area contributed by atoms with E-state index in [9.17, 15) is 14.7 Å². The average molecular weight is 345 g/mol. The molecule has 2 fully saturated rings. The standard InChI is InChI=1S/C20H27NO4/c1-14(2)20(19(23)24)10-11-21(13-20)18(22)16-9-6-12-25-17(16)15-7-4-3-5-8-15/h3-5,7-8,14,16-17H,6,9-13H2,1-2H3,(H,23,24). The third-order valence-corrected chi connectivity index (χ3v) is 5.91. The van der Waals surface area contributed by atoms with E-state index in [2.05, 4.69) is 0 Å². The van der Waals surface area contributed by atoms with Gasteiger partial charge in [-0.25, -0.2) is 0 Å². The Morgan fingerprint density at radius 3 is 2.60 bits per heavy atom. The number of benzene rings is 1. The molecule has 5 nitrogen and oxygen atoms in total. The third kappa shape index (κ3) is 3.30. The van der Waals surface area contributed by atoms with E-state index < -0.39 is 11.4 Å². The van der Waals surface area contributed by atoms with E-state index in [-0.39, 0.29) is 23.8 Å². The van der Waals surface area contributed by atoms with E-state index >= 15 is 0 Å². The molecule has 0 bridgehead atoms. The highest BCUT2D eigenvalue weighted by atomic mass is 16.5. The lowest BCUT2D eigenvalue weighted by Crippen LogP contribution is -2.44. The van der Waals surface area contributed by atoms with Gasteiger partial charge in [0, 0.05) is 19.7 Å². The van der Waals surface area contributed by atoms with Gasteiger partial charge in [0.25, 0.3) is 0 Å². The van der Waals surface area contributed by atoms with Crippen LogP contribution in [0.4, 0.5) is 0 Å². The summed E-state index contributed by atoms with van der Waals surface area (Å²) in [6.07, 6.45) is 1.94. The molecule has 0 spiro atoms. The van der Waals surface area contributed by atoms with Crippen LogP contribution in [0, 0.1) is 17.3 Å². The molecular formula is C20H27NO4. The Bertz CT molecular complexity index is 630. The molecule has 1 aromatic rings. The number of carbonyl (C=O) groups excluding carboxylic acids is 1. The number of ether oxygens (including phenoxy) is 1. The van der Waals surface area contributed by atoms with Gasteiger partial charge in [-0.05, 0) is 30.7 Å². The highest BCUT2D eigenvalue weighted by Crippen LogP contribution is 2.41. The molecule has 25 heavy (non-hydrogen) atoms. The second kappa shape index (κ2) is 7.16. The first-order valence-electron chi connectivity index (χ1n) is 9.14. The quantitative estimate of drug-likeness (QED) is 0.910. The number of carboxylic acid groups (broad SMARTS) is 1. The summed E-state index contributed by atoms with van der Waals surface area (Å²) < 4.78 is 5.94. The first kappa shape index (κ1) is 17.9. The fraction of sp³-hybridized carbons (Fsp3) is 0.600. The molecular weight excluding hydrogens is 318 g/mol. The molecule has 0 aromatic heterocycles. The number of amides is 1. The Labute approximate surface area is 149 Å². The Hall–Kier alpha value is -1.88. The van der Waals surface area contributed by atoms with Crippen LogP contribution in [-0.2, 0) is 14.3 Å². The van der Waals surface area contributed by atoms with E-state index in [4.69, 9.17) is 4.74 Å². The summed E-state index contributed by atoms with van der Waals surface area (Å²) in [4.78, 5) is 26.8. The fourth-order valence-corrected chi connectivity index (χ4v) is 4.15. The van der Waals surface area contributed by atoms with E-state index in [1.807, 2.05) is 44.2 Å². The molecule has 2 aliphatic rings. The lowest BCUT2D eigenvalue weighted by Gasteiger charge is -2.35. The van der Waals surface area contributed by atoms with Crippen molar-refractivity contribution in [2.45, 2.75) is 39.2 Å². The van der Waals surface area contributed by atoms with Gasteiger partial charge < -0.3 is 14.7 Å². The van der Waals surface area contributed by atoms with E-state index in [0.29, 0.717) is 26.1 Å². The smallest absolute Gasteiger partial charge is 0.311 e. The summed E-state index contributed by atoms with van der Waals surface area (Å²) in [6.45, 7) is 5.34. The van der Waals surface area contributed by atoms with Crippen LogP contribution in [0.3, 0.4) is 0 Å². The highest BCUT2D eigenvalue weighted by molar-refractivity contribution is 5.83. The van der Waals surface area contributed by atoms with Gasteiger partial charge in [-0.1, -0.05) is 44.2 Å². The van der Waals surface area contributed by atoms with Crippen molar-refractivity contribution < 1.29 is 19.4 Å². The van der Waals surface area contributed by atoms with Crippen LogP contribution in [0.2, 0.25) is 0 Å². The lowest BCUT2D eigenvalue weighted by atomic mass is 9.76. The predicted molar refractivity (Wildman–Crippen MR) is 94.0 cm³/mol. The first-order valence-corrected chi connectivity index (χ1v) is 9.14. The van der Waals surface area contributed by atoms with Crippen molar-refractivity contribution in [3.63, 3.8) is 0 Å². The normalized spacial score (nSPS) is 29.8. The molecule has 3 unspecified atom stereocenters. The molecule has 0 aliphatic carbocycles. The number of hydrogen-bond acceptors (Lipinski definition) is 3. The monoisotopic (exact) mass is 345 g/mol. The number of likely N-dealkylation sites (tertiary alicyclic amines) is 1. The Kier molecular flexibility index (Phi) is 5.13. The van der Waals surface area contributed by atoms with Gasteiger partial charge >= 0.3 is 5.97 Å². The maximum Gasteiger partial charge on any atom is 0.311 e. The molecule has 1 aromatic carbocycles. The number of nitrogens with zero attached hydrogens (tertiary/aromatic N) is 1. The zero-order valence-electron chi connectivity index (χ0n) is 15.0. The number of rotatable bonds is 4. The molecule has 3 rings (SSSR count). The van der Waals surface area contributed by atoms with Gasteiger partial charge in [0.2, 0.25) is 5.91 Å². The Balaban J connectivity index is 1.79. The number of carboxylic acids is 1. The van der Waals surface area contributed by atoms with E-state index in [1.54, 1.807) is 4.90 Å². The average Bonchev–Trinajstić information content (AvgIpc) is 3.09. The maximum atomic E-state index is 13.2. The van der Waals surface area contributed by atoms with E-state index in [1.165, 1.54) is 0 Å². The zero-order valence-corrected chi connectivity index (χ0v) is 15.0. The van der Waals surface area contributed by atoms with Gasteiger partial charge in [-0.2, -0.15) is 0 Å². The number of aliphatic carboxylic acids is 1. The van der Waals surface area contributed by atoms with Gasteiger partial charge in [0.1, 0.15) is 0 Å². The third-order valence-electron chi connectivity index (χ3n) is 5.91. The first-order chi connectivity index (χ1) is 12.0. The van der Waals surface area contributed by atoms with Crippen LogP contribution < -0.4 is 0 Å². The van der Waals surface area contributed by atoms with Crippen molar-refractivity contribution in [3.05, 3.63) is 35.9 Å². The molecule has 3 atom stereocenters. The van der Waals surface area contributed by atoms with Crippen LogP contribution >= 0.6 is 0 Å². The van der Waals surface area contributed by atoms with Crippen molar-refractivity contribution in [3.8, 4) is 0 Å². The SMILES string of the molecule is CC(C)C1(C(=O)O)CCN(C(=O)C2CCCOC2c2ccccc2)C1. The molecule has 136 valence electrons. The summed E-state index contributed by atoms with van der Waals surface area (Å²) in [5, 5.41) is 9.71. The van der Waals surface area contributed by atoms with Gasteiger partial charge in [0.15, 0.2) is 0 Å². The summed E-state index contributed by atoms with van der Waals surface area (Å²) >= 11 is 0. The summed E-state index contributed by atoms with van der Waals surface area (Å²) in [5.74, 6) is -0.988. The Morgan fingerprint density at radius 2 is 2.00 bits per heavy atom. The maximum absolute atomic E-state index is 13.2. The van der Waals surface area contributed by atoms with Crippen molar-refractivity contribution >= 4 is 11.9 Å². The molecule has 0 saturated carbocycles. The van der Waals surface area contributed by atoms with Crippen molar-refractivity contribution in [2.24, 2.45) is 17.3 Å². The molecule has 2 heterocycles. The minimum absolute atomic E-state index is 0.00433. The molecule has 1 amide bonds. The van der Waals surface area contributed by atoms with Crippen molar-refractivity contribution in [1.82, 2.24) is 4.90 Å². The second-order valence-electron chi connectivity index (χ2n) is 7.58. The molecule has 1 N–H and O–H groups in total. The van der Waals surface area contributed by atoms with Gasteiger partial charge in [0.05, 0.1) is 17.4 Å². The lowest BCUT2D eigenvalue weighted by molar-refractivity contribution is -0.152. The van der Waals surface area contributed by atoms with E-state index in [0.717, 1.165) is 18.4 Å². The highest BCUT2D eigenvalue weighted by Gasteiger charge is 2.50. The second-order valence-corrected chi connectivity index (χ2v) is 7.58. The van der Waals surface area contributed by atoms with Gasteiger partial charge in [-0.3, -0.25) is 9.59 Å². The minimum atomic E-state index is -0.826. The van der Waals surface area contributed by atoms with Crippen molar-refractivity contribution in [1.29, 1.82) is 0 Å². The topological polar surface area (TPSA) is 66.8 Å². The molecule has 2 saturated heterocycles. The van der Waals surface area contributed by atoms with Gasteiger partial charge in [-0.15, -0.1) is 0 Å².